The highest BCUT2D eigenvalue weighted by atomic mass is 32.1. The summed E-state index contributed by atoms with van der Waals surface area (Å²) in [4.78, 5) is 1.25. The van der Waals surface area contributed by atoms with Gasteiger partial charge in [-0.1, -0.05) is 18.2 Å². The monoisotopic (exact) mass is 303 g/mol. The van der Waals surface area contributed by atoms with Crippen molar-refractivity contribution in [3.63, 3.8) is 0 Å². The fourth-order valence-corrected chi connectivity index (χ4v) is 3.05. The quantitative estimate of drug-likeness (QED) is 0.848. The lowest BCUT2D eigenvalue weighted by Crippen LogP contribution is -2.25. The molecule has 4 heteroatoms. The van der Waals surface area contributed by atoms with Gasteiger partial charge in [-0.15, -0.1) is 11.3 Å². The Bertz CT molecular complexity index is 518. The number of rotatable bonds is 7. The molecular weight excluding hydrogens is 282 g/mol. The van der Waals surface area contributed by atoms with Crippen LogP contribution in [0.15, 0.2) is 41.8 Å². The third-order valence-corrected chi connectivity index (χ3v) is 4.46. The molecule has 112 valence electrons. The van der Waals surface area contributed by atoms with Gasteiger partial charge in [0.2, 0.25) is 0 Å². The first-order valence-electron chi connectivity index (χ1n) is 7.46. The van der Waals surface area contributed by atoms with E-state index >= 15 is 0 Å². The Morgan fingerprint density at radius 2 is 2.14 bits per heavy atom. The molecule has 1 aliphatic heterocycles. The molecule has 21 heavy (non-hydrogen) atoms. The Hall–Kier alpha value is -1.36. The Morgan fingerprint density at radius 1 is 1.24 bits per heavy atom. The summed E-state index contributed by atoms with van der Waals surface area (Å²) in [7, 11) is 0. The van der Waals surface area contributed by atoms with Crippen LogP contribution in [0.4, 0.5) is 0 Å². The van der Waals surface area contributed by atoms with Gasteiger partial charge in [-0.3, -0.25) is 0 Å². The Labute approximate surface area is 129 Å². The molecule has 0 radical (unpaired) electrons. The summed E-state index contributed by atoms with van der Waals surface area (Å²) >= 11 is 1.72. The highest BCUT2D eigenvalue weighted by Crippen LogP contribution is 2.16. The molecule has 0 aliphatic carbocycles. The van der Waals surface area contributed by atoms with E-state index in [0.29, 0.717) is 12.7 Å². The van der Waals surface area contributed by atoms with E-state index in [2.05, 4.69) is 28.9 Å². The van der Waals surface area contributed by atoms with Crippen LogP contribution in [0.25, 0.3) is 0 Å². The van der Waals surface area contributed by atoms with Crippen LogP contribution in [0.3, 0.4) is 0 Å². The number of nitrogens with one attached hydrogen (secondary N) is 1. The van der Waals surface area contributed by atoms with Crippen molar-refractivity contribution < 1.29 is 9.47 Å². The van der Waals surface area contributed by atoms with Gasteiger partial charge in [0, 0.05) is 24.6 Å². The van der Waals surface area contributed by atoms with E-state index in [1.54, 1.807) is 11.3 Å². The van der Waals surface area contributed by atoms with Gasteiger partial charge in [-0.25, -0.2) is 0 Å². The van der Waals surface area contributed by atoms with E-state index in [-0.39, 0.29) is 0 Å². The third kappa shape index (κ3) is 4.56. The summed E-state index contributed by atoms with van der Waals surface area (Å²) in [5, 5.41) is 5.52. The van der Waals surface area contributed by atoms with Crippen molar-refractivity contribution in [1.29, 1.82) is 0 Å². The number of hydrogen-bond acceptors (Lipinski definition) is 4. The first-order valence-corrected chi connectivity index (χ1v) is 8.34. The SMILES string of the molecule is c1csc(COc2ccc(CNCC3CCCO3)cc2)c1. The van der Waals surface area contributed by atoms with Crippen molar-refractivity contribution in [3.8, 4) is 5.75 Å². The second-order valence-electron chi connectivity index (χ2n) is 5.28. The maximum absolute atomic E-state index is 5.76. The molecule has 3 rings (SSSR count). The molecule has 1 aromatic heterocycles. The number of benzene rings is 1. The second-order valence-corrected chi connectivity index (χ2v) is 6.31. The molecule has 2 aromatic rings. The number of thiophene rings is 1. The summed E-state index contributed by atoms with van der Waals surface area (Å²) in [6.07, 6.45) is 2.78. The maximum Gasteiger partial charge on any atom is 0.122 e. The minimum atomic E-state index is 0.401. The van der Waals surface area contributed by atoms with Crippen LogP contribution in [-0.4, -0.2) is 19.3 Å². The summed E-state index contributed by atoms with van der Waals surface area (Å²) in [5.74, 6) is 0.922. The van der Waals surface area contributed by atoms with Crippen LogP contribution in [0.1, 0.15) is 23.3 Å². The van der Waals surface area contributed by atoms with Gasteiger partial charge in [0.15, 0.2) is 0 Å². The van der Waals surface area contributed by atoms with Crippen LogP contribution >= 0.6 is 11.3 Å². The van der Waals surface area contributed by atoms with Gasteiger partial charge in [0.05, 0.1) is 6.10 Å². The van der Waals surface area contributed by atoms with E-state index in [1.807, 2.05) is 18.2 Å². The fourth-order valence-electron chi connectivity index (χ4n) is 2.44. The summed E-state index contributed by atoms with van der Waals surface area (Å²) in [6.45, 7) is 3.39. The predicted octanol–water partition coefficient (Wildman–Crippen LogP) is 3.60. The highest BCUT2D eigenvalue weighted by Gasteiger charge is 2.14. The van der Waals surface area contributed by atoms with Crippen LogP contribution in [-0.2, 0) is 17.9 Å². The largest absolute Gasteiger partial charge is 0.488 e. The molecule has 1 unspecified atom stereocenters. The molecule has 0 saturated carbocycles. The molecule has 1 N–H and O–H groups in total. The van der Waals surface area contributed by atoms with E-state index in [0.717, 1.165) is 25.4 Å². The lowest BCUT2D eigenvalue weighted by Gasteiger charge is -2.11. The second kappa shape index (κ2) is 7.59. The molecule has 0 bridgehead atoms. The molecule has 1 saturated heterocycles. The lowest BCUT2D eigenvalue weighted by molar-refractivity contribution is 0.110. The van der Waals surface area contributed by atoms with Gasteiger partial charge in [-0.05, 0) is 42.0 Å². The Morgan fingerprint density at radius 3 is 2.86 bits per heavy atom. The Kier molecular flexibility index (Phi) is 5.27. The minimum Gasteiger partial charge on any atom is -0.488 e. The molecule has 1 aromatic carbocycles. The topological polar surface area (TPSA) is 30.5 Å². The summed E-state index contributed by atoms with van der Waals surface area (Å²) in [6, 6.07) is 12.5. The average molecular weight is 303 g/mol. The molecule has 1 atom stereocenters. The molecule has 2 heterocycles. The zero-order chi connectivity index (χ0) is 14.3. The van der Waals surface area contributed by atoms with E-state index in [1.165, 1.54) is 23.3 Å². The van der Waals surface area contributed by atoms with Crippen LogP contribution < -0.4 is 10.1 Å². The summed E-state index contributed by atoms with van der Waals surface area (Å²) < 4.78 is 11.4. The normalized spacial score (nSPS) is 18.0. The van der Waals surface area contributed by atoms with Gasteiger partial charge in [0.1, 0.15) is 12.4 Å². The van der Waals surface area contributed by atoms with Crippen molar-refractivity contribution in [2.75, 3.05) is 13.2 Å². The van der Waals surface area contributed by atoms with Crippen LogP contribution in [0.5, 0.6) is 5.75 Å². The zero-order valence-electron chi connectivity index (χ0n) is 12.1. The zero-order valence-corrected chi connectivity index (χ0v) is 12.9. The molecule has 0 spiro atoms. The standard InChI is InChI=1S/C17H21NO2S/c1-3-16(19-9-1)12-18-11-14-5-7-15(8-6-14)20-13-17-4-2-10-21-17/h2,4-8,10,16,18H,1,3,9,11-13H2. The van der Waals surface area contributed by atoms with Gasteiger partial charge in [-0.2, -0.15) is 0 Å². The van der Waals surface area contributed by atoms with E-state index in [9.17, 15) is 0 Å². The van der Waals surface area contributed by atoms with Crippen molar-refractivity contribution in [2.24, 2.45) is 0 Å². The van der Waals surface area contributed by atoms with Crippen LogP contribution in [0, 0.1) is 0 Å². The van der Waals surface area contributed by atoms with E-state index in [4.69, 9.17) is 9.47 Å². The molecule has 1 aliphatic rings. The van der Waals surface area contributed by atoms with Crippen molar-refractivity contribution in [3.05, 3.63) is 52.2 Å². The minimum absolute atomic E-state index is 0.401. The first kappa shape index (κ1) is 14.6. The molecular formula is C17H21NO2S. The van der Waals surface area contributed by atoms with E-state index < -0.39 is 0 Å². The summed E-state index contributed by atoms with van der Waals surface area (Å²) in [5.41, 5.74) is 1.27. The van der Waals surface area contributed by atoms with Crippen molar-refractivity contribution in [1.82, 2.24) is 5.32 Å². The smallest absolute Gasteiger partial charge is 0.122 e. The Balaban J connectivity index is 1.40. The first-order chi connectivity index (χ1) is 10.4. The molecule has 1 fully saturated rings. The average Bonchev–Trinajstić information content (AvgIpc) is 3.20. The highest BCUT2D eigenvalue weighted by molar-refractivity contribution is 7.09. The van der Waals surface area contributed by atoms with Crippen molar-refractivity contribution >= 4 is 11.3 Å². The van der Waals surface area contributed by atoms with Gasteiger partial charge < -0.3 is 14.8 Å². The van der Waals surface area contributed by atoms with Crippen molar-refractivity contribution in [2.45, 2.75) is 32.1 Å². The fraction of sp³-hybridized carbons (Fsp3) is 0.412. The molecule has 3 nitrogen and oxygen atoms in total. The number of hydrogen-bond donors (Lipinski definition) is 1. The van der Waals surface area contributed by atoms with Gasteiger partial charge in [0.25, 0.3) is 0 Å². The predicted molar refractivity (Wildman–Crippen MR) is 85.8 cm³/mol. The number of ether oxygens (including phenoxy) is 2. The lowest BCUT2D eigenvalue weighted by atomic mass is 10.2. The third-order valence-electron chi connectivity index (χ3n) is 3.61. The van der Waals surface area contributed by atoms with Crippen LogP contribution in [0.2, 0.25) is 0 Å². The maximum atomic E-state index is 5.76. The van der Waals surface area contributed by atoms with Gasteiger partial charge >= 0.3 is 0 Å². The molecule has 0 amide bonds.